The molecule has 0 aliphatic heterocycles. The summed E-state index contributed by atoms with van der Waals surface area (Å²) in [6.45, 7) is 1.83. The zero-order valence-corrected chi connectivity index (χ0v) is 6.70. The third-order valence-electron chi connectivity index (χ3n) is 1.45. The molecule has 1 radical (unpaired) electrons. The van der Waals surface area contributed by atoms with Crippen molar-refractivity contribution < 1.29 is 15.3 Å². The van der Waals surface area contributed by atoms with E-state index in [1.807, 2.05) is 4.90 Å². The Bertz CT molecular complexity index is 74.1. The van der Waals surface area contributed by atoms with Crippen molar-refractivity contribution in [2.24, 2.45) is 0 Å². The third kappa shape index (κ3) is 6.25. The Hall–Kier alpha value is -0.160. The maximum atomic E-state index is 10.1. The lowest BCUT2D eigenvalue weighted by atomic mass is 10.4. The smallest absolute Gasteiger partial charge is 0.0834 e. The summed E-state index contributed by atoms with van der Waals surface area (Å²) in [4.78, 5) is 1.87. The van der Waals surface area contributed by atoms with Crippen LogP contribution in [-0.2, 0) is 5.11 Å². The molecule has 0 aromatic heterocycles. The van der Waals surface area contributed by atoms with Crippen LogP contribution in [0.2, 0.25) is 0 Å². The van der Waals surface area contributed by atoms with E-state index < -0.39 is 0 Å². The van der Waals surface area contributed by atoms with Gasteiger partial charge in [-0.15, -0.1) is 0 Å². The van der Waals surface area contributed by atoms with Crippen LogP contribution in [0, 0.1) is 0 Å². The first kappa shape index (κ1) is 10.8. The molecule has 0 bridgehead atoms. The second-order valence-electron chi connectivity index (χ2n) is 2.35. The van der Waals surface area contributed by atoms with E-state index >= 15 is 0 Å². The standard InChI is InChI=1S/C7H16NO3/c9-5-1-2-8(3-6-10)4-7-11/h10-11H,1-7H2. The van der Waals surface area contributed by atoms with Crippen molar-refractivity contribution in [2.45, 2.75) is 6.42 Å². The molecule has 2 N–H and O–H groups in total. The lowest BCUT2D eigenvalue weighted by Gasteiger charge is -2.18. The van der Waals surface area contributed by atoms with Gasteiger partial charge in [0, 0.05) is 19.6 Å². The second kappa shape index (κ2) is 7.94. The maximum Gasteiger partial charge on any atom is 0.0834 e. The van der Waals surface area contributed by atoms with Crippen molar-refractivity contribution >= 4 is 0 Å². The zero-order chi connectivity index (χ0) is 8.53. The Labute approximate surface area is 67.1 Å². The van der Waals surface area contributed by atoms with Crippen LogP contribution < -0.4 is 0 Å². The minimum absolute atomic E-state index is 0.0822. The van der Waals surface area contributed by atoms with Gasteiger partial charge in [-0.2, -0.15) is 0 Å². The SMILES string of the molecule is [O]CCCN(CCO)CCO. The molecule has 0 atom stereocenters. The van der Waals surface area contributed by atoms with Gasteiger partial charge < -0.3 is 10.2 Å². The third-order valence-corrected chi connectivity index (χ3v) is 1.45. The van der Waals surface area contributed by atoms with Gasteiger partial charge in [0.05, 0.1) is 19.8 Å². The molecule has 4 nitrogen and oxygen atoms in total. The quantitative estimate of drug-likeness (QED) is 0.509. The van der Waals surface area contributed by atoms with Gasteiger partial charge in [0.2, 0.25) is 0 Å². The van der Waals surface area contributed by atoms with E-state index in [1.165, 1.54) is 0 Å². The van der Waals surface area contributed by atoms with Gasteiger partial charge in [0.25, 0.3) is 0 Å². The first-order valence-electron chi connectivity index (χ1n) is 3.87. The molecule has 0 aromatic carbocycles. The summed E-state index contributed by atoms with van der Waals surface area (Å²) in [5.74, 6) is 0. The average molecular weight is 162 g/mol. The summed E-state index contributed by atoms with van der Waals surface area (Å²) >= 11 is 0. The van der Waals surface area contributed by atoms with Crippen LogP contribution in [0.5, 0.6) is 0 Å². The Morgan fingerprint density at radius 3 is 1.91 bits per heavy atom. The summed E-state index contributed by atoms with van der Waals surface area (Å²) in [6.07, 6.45) is 0.583. The van der Waals surface area contributed by atoms with E-state index in [1.54, 1.807) is 0 Å². The van der Waals surface area contributed by atoms with Crippen molar-refractivity contribution in [3.63, 3.8) is 0 Å². The fraction of sp³-hybridized carbons (Fsp3) is 1.00. The lowest BCUT2D eigenvalue weighted by molar-refractivity contribution is 0.134. The topological polar surface area (TPSA) is 63.6 Å². The van der Waals surface area contributed by atoms with Crippen LogP contribution >= 0.6 is 0 Å². The number of hydrogen-bond acceptors (Lipinski definition) is 3. The van der Waals surface area contributed by atoms with Crippen LogP contribution in [0.1, 0.15) is 6.42 Å². The molecule has 0 fully saturated rings. The molecule has 0 saturated heterocycles. The molecular formula is C7H16NO3. The lowest BCUT2D eigenvalue weighted by Crippen LogP contribution is -2.31. The molecule has 0 heterocycles. The van der Waals surface area contributed by atoms with Crippen molar-refractivity contribution in [3.8, 4) is 0 Å². The van der Waals surface area contributed by atoms with Crippen molar-refractivity contribution in [2.75, 3.05) is 39.5 Å². The summed E-state index contributed by atoms with van der Waals surface area (Å²) in [7, 11) is 0. The number of nitrogens with zero attached hydrogens (tertiary/aromatic N) is 1. The molecule has 0 aliphatic rings. The molecule has 4 heteroatoms. The number of aliphatic hydroxyl groups is 2. The monoisotopic (exact) mass is 162 g/mol. The van der Waals surface area contributed by atoms with Crippen LogP contribution in [0.3, 0.4) is 0 Å². The van der Waals surface area contributed by atoms with E-state index in [9.17, 15) is 5.11 Å². The van der Waals surface area contributed by atoms with Crippen LogP contribution in [0.4, 0.5) is 0 Å². The van der Waals surface area contributed by atoms with Gasteiger partial charge in [-0.05, 0) is 6.42 Å². The van der Waals surface area contributed by atoms with E-state index in [0.717, 1.165) is 0 Å². The van der Waals surface area contributed by atoms with Gasteiger partial charge in [-0.3, -0.25) is 4.90 Å². The fourth-order valence-corrected chi connectivity index (χ4v) is 0.906. The molecule has 0 spiro atoms. The van der Waals surface area contributed by atoms with E-state index in [0.29, 0.717) is 26.1 Å². The second-order valence-corrected chi connectivity index (χ2v) is 2.35. The molecular weight excluding hydrogens is 146 g/mol. The predicted molar refractivity (Wildman–Crippen MR) is 40.8 cm³/mol. The fourth-order valence-electron chi connectivity index (χ4n) is 0.906. The van der Waals surface area contributed by atoms with Crippen molar-refractivity contribution in [3.05, 3.63) is 0 Å². The molecule has 0 rings (SSSR count). The summed E-state index contributed by atoms with van der Waals surface area (Å²) in [5, 5.41) is 27.2. The molecule has 67 valence electrons. The molecule has 0 aliphatic carbocycles. The Morgan fingerprint density at radius 2 is 1.55 bits per heavy atom. The highest BCUT2D eigenvalue weighted by atomic mass is 16.3. The molecule has 0 amide bonds. The summed E-state index contributed by atoms with van der Waals surface area (Å²) in [6, 6.07) is 0. The molecule has 11 heavy (non-hydrogen) atoms. The van der Waals surface area contributed by atoms with Gasteiger partial charge in [-0.1, -0.05) is 0 Å². The number of rotatable bonds is 7. The highest BCUT2D eigenvalue weighted by molar-refractivity contribution is 4.55. The molecule has 0 aromatic rings. The first-order chi connectivity index (χ1) is 5.35. The predicted octanol–water partition coefficient (Wildman–Crippen LogP) is -0.906. The highest BCUT2D eigenvalue weighted by Crippen LogP contribution is 1.89. The van der Waals surface area contributed by atoms with Crippen LogP contribution in [0.15, 0.2) is 0 Å². The van der Waals surface area contributed by atoms with Crippen molar-refractivity contribution in [1.29, 1.82) is 0 Å². The Kier molecular flexibility index (Phi) is 7.83. The summed E-state index contributed by atoms with van der Waals surface area (Å²) < 4.78 is 0. The molecule has 0 unspecified atom stereocenters. The maximum absolute atomic E-state index is 10.1. The minimum Gasteiger partial charge on any atom is -0.395 e. The first-order valence-corrected chi connectivity index (χ1v) is 3.87. The molecule has 0 saturated carbocycles. The highest BCUT2D eigenvalue weighted by Gasteiger charge is 2.01. The average Bonchev–Trinajstić information content (AvgIpc) is 2.01. The number of aliphatic hydroxyl groups excluding tert-OH is 2. The van der Waals surface area contributed by atoms with Gasteiger partial charge >= 0.3 is 0 Å². The van der Waals surface area contributed by atoms with Crippen LogP contribution in [-0.4, -0.2) is 54.6 Å². The minimum atomic E-state index is -0.0899. The van der Waals surface area contributed by atoms with Crippen molar-refractivity contribution in [1.82, 2.24) is 4.90 Å². The van der Waals surface area contributed by atoms with E-state index in [-0.39, 0.29) is 19.8 Å². The van der Waals surface area contributed by atoms with E-state index in [2.05, 4.69) is 0 Å². The summed E-state index contributed by atoms with van der Waals surface area (Å²) in [5.41, 5.74) is 0. The largest absolute Gasteiger partial charge is 0.395 e. The number of hydrogen-bond donors (Lipinski definition) is 2. The van der Waals surface area contributed by atoms with Gasteiger partial charge in [0.15, 0.2) is 0 Å². The van der Waals surface area contributed by atoms with E-state index in [4.69, 9.17) is 10.2 Å². The van der Waals surface area contributed by atoms with Gasteiger partial charge in [-0.25, -0.2) is 5.11 Å². The van der Waals surface area contributed by atoms with Gasteiger partial charge in [0.1, 0.15) is 0 Å². The van der Waals surface area contributed by atoms with Crippen LogP contribution in [0.25, 0.3) is 0 Å². The Balaban J connectivity index is 3.34. The normalized spacial score (nSPS) is 10.9. The Morgan fingerprint density at radius 1 is 1.00 bits per heavy atom. The zero-order valence-electron chi connectivity index (χ0n) is 6.70.